The van der Waals surface area contributed by atoms with Gasteiger partial charge in [-0.2, -0.15) is 4.90 Å². The molecule has 0 spiro atoms. The van der Waals surface area contributed by atoms with E-state index in [4.69, 9.17) is 19.9 Å². The van der Waals surface area contributed by atoms with Gasteiger partial charge in [0.05, 0.1) is 6.10 Å². The number of nitrogens with two attached hydrogens (primary N) is 1. The summed E-state index contributed by atoms with van der Waals surface area (Å²) in [5, 5.41) is 25.5. The molecule has 4 aromatic carbocycles. The standard InChI is InChI=1S/C42H48N4O10/c1-29(47)37(40(51)54-26-31-13-5-2-6-14-31)45-38(49)35(25-30-20-22-34(48)23-21-30)44-39(50)36(19-11-12-24-43)46(41(52)55-27-32-15-7-3-8-16-32)42(53)56-28-33-17-9-4-10-18-33/h2-10,13-18,20-23,29,35-37,47-48H,11-12,19,24-28,43H2,1H3,(H,44,50)(H,45,49)/t29-,35+,36+,37+/m0/s1. The second-order valence-electron chi connectivity index (χ2n) is 13.0. The van der Waals surface area contributed by atoms with E-state index in [0.29, 0.717) is 40.0 Å². The third kappa shape index (κ3) is 13.6. The minimum Gasteiger partial charge on any atom is -0.508 e. The van der Waals surface area contributed by atoms with Crippen LogP contribution < -0.4 is 16.4 Å². The Balaban J connectivity index is 1.62. The van der Waals surface area contributed by atoms with E-state index in [0.717, 1.165) is 0 Å². The number of esters is 1. The highest BCUT2D eigenvalue weighted by Crippen LogP contribution is 2.18. The smallest absolute Gasteiger partial charge is 0.420 e. The van der Waals surface area contributed by atoms with E-state index in [1.54, 1.807) is 91.0 Å². The zero-order valence-electron chi connectivity index (χ0n) is 31.1. The number of hydrogen-bond acceptors (Lipinski definition) is 11. The van der Waals surface area contributed by atoms with Crippen LogP contribution in [0.1, 0.15) is 48.4 Å². The van der Waals surface area contributed by atoms with Crippen LogP contribution in [0, 0.1) is 0 Å². The summed E-state index contributed by atoms with van der Waals surface area (Å²) in [4.78, 5) is 69.6. The topological polar surface area (TPSA) is 207 Å². The number of hydrogen-bond donors (Lipinski definition) is 5. The van der Waals surface area contributed by atoms with Gasteiger partial charge in [-0.05, 0) is 67.1 Å². The van der Waals surface area contributed by atoms with Crippen LogP contribution in [0.3, 0.4) is 0 Å². The first-order chi connectivity index (χ1) is 27.0. The van der Waals surface area contributed by atoms with Crippen LogP contribution in [-0.2, 0) is 54.8 Å². The fourth-order valence-corrected chi connectivity index (χ4v) is 5.56. The molecule has 296 valence electrons. The van der Waals surface area contributed by atoms with E-state index >= 15 is 0 Å². The third-order valence-corrected chi connectivity index (χ3v) is 8.62. The fraction of sp³-hybridized carbons (Fsp3) is 0.310. The van der Waals surface area contributed by atoms with Gasteiger partial charge in [-0.3, -0.25) is 9.59 Å². The van der Waals surface area contributed by atoms with Gasteiger partial charge in [-0.1, -0.05) is 103 Å². The molecule has 14 nitrogen and oxygen atoms in total. The van der Waals surface area contributed by atoms with Crippen LogP contribution in [0.5, 0.6) is 5.75 Å². The summed E-state index contributed by atoms with van der Waals surface area (Å²) < 4.78 is 16.4. The number of phenols is 1. The SMILES string of the molecule is C[C@H](O)[C@@H](NC(=O)[C@@H](Cc1ccc(O)cc1)NC(=O)[C@@H](CCCCN)N(C(=O)OCc1ccccc1)C(=O)OCc1ccccc1)C(=O)OCc1ccccc1. The molecule has 0 aliphatic carbocycles. The zero-order chi connectivity index (χ0) is 40.3. The highest BCUT2D eigenvalue weighted by molar-refractivity contribution is 5.97. The Labute approximate surface area is 325 Å². The molecule has 0 unspecified atom stereocenters. The minimum absolute atomic E-state index is 0.0345. The summed E-state index contributed by atoms with van der Waals surface area (Å²) in [6, 6.07) is 27.7. The van der Waals surface area contributed by atoms with Gasteiger partial charge < -0.3 is 40.8 Å². The maximum absolute atomic E-state index is 14.3. The Kier molecular flexibility index (Phi) is 16.8. The second-order valence-corrected chi connectivity index (χ2v) is 13.0. The number of imide groups is 1. The van der Waals surface area contributed by atoms with E-state index in [2.05, 4.69) is 10.6 Å². The normalized spacial score (nSPS) is 12.9. The number of ether oxygens (including phenoxy) is 3. The highest BCUT2D eigenvalue weighted by atomic mass is 16.6. The van der Waals surface area contributed by atoms with E-state index in [1.807, 2.05) is 0 Å². The Hall–Kier alpha value is -6.25. The van der Waals surface area contributed by atoms with Gasteiger partial charge in [0, 0.05) is 6.42 Å². The number of aliphatic hydroxyl groups is 1. The molecule has 0 saturated carbocycles. The van der Waals surface area contributed by atoms with E-state index < -0.39 is 54.2 Å². The van der Waals surface area contributed by atoms with Gasteiger partial charge in [0.1, 0.15) is 37.7 Å². The molecule has 0 fully saturated rings. The van der Waals surface area contributed by atoms with Gasteiger partial charge >= 0.3 is 18.2 Å². The van der Waals surface area contributed by atoms with Crippen LogP contribution >= 0.6 is 0 Å². The summed E-state index contributed by atoms with van der Waals surface area (Å²) >= 11 is 0. The van der Waals surface area contributed by atoms with Crippen molar-refractivity contribution in [2.24, 2.45) is 5.73 Å². The zero-order valence-corrected chi connectivity index (χ0v) is 31.1. The average Bonchev–Trinajstić information content (AvgIpc) is 3.21. The fourth-order valence-electron chi connectivity index (χ4n) is 5.56. The summed E-state index contributed by atoms with van der Waals surface area (Å²) in [6.07, 6.45) is -3.20. The van der Waals surface area contributed by atoms with Gasteiger partial charge in [-0.15, -0.1) is 0 Å². The van der Waals surface area contributed by atoms with Crippen molar-refractivity contribution >= 4 is 30.0 Å². The van der Waals surface area contributed by atoms with Crippen molar-refractivity contribution in [1.82, 2.24) is 15.5 Å². The third-order valence-electron chi connectivity index (χ3n) is 8.62. The molecule has 56 heavy (non-hydrogen) atoms. The number of aliphatic hydroxyl groups excluding tert-OH is 1. The van der Waals surface area contributed by atoms with Crippen molar-refractivity contribution in [1.29, 1.82) is 0 Å². The molecule has 4 amide bonds. The molecule has 0 saturated heterocycles. The minimum atomic E-state index is -1.54. The predicted molar refractivity (Wildman–Crippen MR) is 205 cm³/mol. The van der Waals surface area contributed by atoms with Crippen molar-refractivity contribution in [3.63, 3.8) is 0 Å². The number of amides is 4. The van der Waals surface area contributed by atoms with E-state index in [-0.39, 0.29) is 45.0 Å². The first-order valence-electron chi connectivity index (χ1n) is 18.2. The molecule has 0 aliphatic heterocycles. The molecule has 4 aromatic rings. The Morgan fingerprint density at radius 2 is 1.12 bits per heavy atom. The van der Waals surface area contributed by atoms with E-state index in [1.165, 1.54) is 31.2 Å². The number of unbranched alkanes of at least 4 members (excludes halogenated alkanes) is 1. The van der Waals surface area contributed by atoms with Crippen LogP contribution in [-0.4, -0.2) is 75.9 Å². The molecule has 0 bridgehead atoms. The lowest BCUT2D eigenvalue weighted by atomic mass is 10.0. The van der Waals surface area contributed by atoms with Gasteiger partial charge in [0.2, 0.25) is 11.8 Å². The van der Waals surface area contributed by atoms with Crippen molar-refractivity contribution in [3.05, 3.63) is 138 Å². The summed E-state index contributed by atoms with van der Waals surface area (Å²) in [7, 11) is 0. The lowest BCUT2D eigenvalue weighted by molar-refractivity contribution is -0.152. The molecule has 0 aliphatic rings. The highest BCUT2D eigenvalue weighted by Gasteiger charge is 2.39. The van der Waals surface area contributed by atoms with Crippen molar-refractivity contribution in [2.45, 2.75) is 76.7 Å². The lowest BCUT2D eigenvalue weighted by Gasteiger charge is -2.30. The molecular weight excluding hydrogens is 720 g/mol. The number of nitrogens with zero attached hydrogens (tertiary/aromatic N) is 1. The Bertz CT molecular complexity index is 1790. The number of carbonyl (C=O) groups excluding carboxylic acids is 5. The number of benzene rings is 4. The van der Waals surface area contributed by atoms with Crippen LogP contribution in [0.25, 0.3) is 0 Å². The molecule has 14 heteroatoms. The maximum atomic E-state index is 14.3. The van der Waals surface area contributed by atoms with Crippen LogP contribution in [0.4, 0.5) is 9.59 Å². The molecule has 6 N–H and O–H groups in total. The monoisotopic (exact) mass is 768 g/mol. The van der Waals surface area contributed by atoms with Crippen LogP contribution in [0.15, 0.2) is 115 Å². The summed E-state index contributed by atoms with van der Waals surface area (Å²) in [5.74, 6) is -2.73. The molecule has 0 heterocycles. The summed E-state index contributed by atoms with van der Waals surface area (Å²) in [5.41, 5.74) is 8.20. The van der Waals surface area contributed by atoms with Crippen molar-refractivity contribution < 1.29 is 48.4 Å². The Morgan fingerprint density at radius 1 is 0.643 bits per heavy atom. The summed E-state index contributed by atoms with van der Waals surface area (Å²) in [6.45, 7) is 1.01. The number of aromatic hydroxyl groups is 1. The molecule has 4 rings (SSSR count). The van der Waals surface area contributed by atoms with E-state index in [9.17, 15) is 34.2 Å². The van der Waals surface area contributed by atoms with Crippen molar-refractivity contribution in [2.75, 3.05) is 6.54 Å². The average molecular weight is 769 g/mol. The first kappa shape index (κ1) is 42.5. The largest absolute Gasteiger partial charge is 0.508 e. The van der Waals surface area contributed by atoms with Gasteiger partial charge in [-0.25, -0.2) is 14.4 Å². The number of phenolic OH excluding ortho intramolecular Hbond substituents is 1. The molecule has 0 radical (unpaired) electrons. The number of carbonyl (C=O) groups is 5. The molecule has 0 aromatic heterocycles. The van der Waals surface area contributed by atoms with Crippen LogP contribution in [0.2, 0.25) is 0 Å². The van der Waals surface area contributed by atoms with Gasteiger partial charge in [0.15, 0.2) is 6.04 Å². The Morgan fingerprint density at radius 3 is 1.59 bits per heavy atom. The molecular formula is C42H48N4O10. The second kappa shape index (κ2) is 22.2. The quantitative estimate of drug-likeness (QED) is 0.0510. The maximum Gasteiger partial charge on any atom is 0.420 e. The van der Waals surface area contributed by atoms with Crippen molar-refractivity contribution in [3.8, 4) is 5.75 Å². The van der Waals surface area contributed by atoms with Gasteiger partial charge in [0.25, 0.3) is 0 Å². The number of rotatable bonds is 19. The lowest BCUT2D eigenvalue weighted by Crippen LogP contribution is -2.59. The predicted octanol–water partition coefficient (Wildman–Crippen LogP) is 4.50. The first-order valence-corrected chi connectivity index (χ1v) is 18.2. The molecule has 4 atom stereocenters. The number of nitrogens with one attached hydrogen (secondary N) is 2.